The van der Waals surface area contributed by atoms with E-state index < -0.39 is 0 Å². The third-order valence-corrected chi connectivity index (χ3v) is 3.22. The Labute approximate surface area is 94.3 Å². The minimum Gasteiger partial charge on any atom is -0.378 e. The van der Waals surface area contributed by atoms with Crippen LogP contribution in [0.15, 0.2) is 36.0 Å². The van der Waals surface area contributed by atoms with Crippen molar-refractivity contribution in [2.75, 3.05) is 20.7 Å². The third-order valence-electron chi connectivity index (χ3n) is 3.22. The van der Waals surface area contributed by atoms with Crippen molar-refractivity contribution >= 4 is 5.78 Å². The zero-order valence-corrected chi connectivity index (χ0v) is 9.36. The van der Waals surface area contributed by atoms with Gasteiger partial charge in [0.1, 0.15) is 0 Å². The van der Waals surface area contributed by atoms with Gasteiger partial charge in [0.05, 0.1) is 12.3 Å². The second kappa shape index (κ2) is 2.95. The summed E-state index contributed by atoms with van der Waals surface area (Å²) in [6.07, 6.45) is 1.69. The molecule has 0 bridgehead atoms. The predicted molar refractivity (Wildman–Crippen MR) is 60.2 cm³/mol. The van der Waals surface area contributed by atoms with E-state index in [0.717, 1.165) is 16.8 Å². The Kier molecular flexibility index (Phi) is 1.77. The fourth-order valence-electron chi connectivity index (χ4n) is 2.37. The molecule has 1 aliphatic carbocycles. The van der Waals surface area contributed by atoms with Gasteiger partial charge in [-0.3, -0.25) is 4.79 Å². The maximum absolute atomic E-state index is 12.0. The molecule has 3 heteroatoms. The fraction of sp³-hybridized carbons (Fsp3) is 0.308. The van der Waals surface area contributed by atoms with Crippen LogP contribution in [0.25, 0.3) is 0 Å². The number of epoxide rings is 1. The maximum Gasteiger partial charge on any atom is 0.188 e. The lowest BCUT2D eigenvalue weighted by atomic mass is 9.84. The summed E-state index contributed by atoms with van der Waals surface area (Å²) in [4.78, 5) is 13.9. The monoisotopic (exact) mass is 215 g/mol. The van der Waals surface area contributed by atoms with Gasteiger partial charge in [0, 0.05) is 31.3 Å². The molecule has 1 atom stereocenters. The lowest BCUT2D eigenvalue weighted by molar-refractivity contribution is 0.103. The van der Waals surface area contributed by atoms with Gasteiger partial charge in [0.25, 0.3) is 0 Å². The van der Waals surface area contributed by atoms with E-state index in [9.17, 15) is 4.79 Å². The quantitative estimate of drug-likeness (QED) is 0.666. The molecule has 3 rings (SSSR count). The van der Waals surface area contributed by atoms with Gasteiger partial charge < -0.3 is 9.64 Å². The summed E-state index contributed by atoms with van der Waals surface area (Å²) in [5, 5.41) is 0. The number of hydrogen-bond donors (Lipinski definition) is 0. The summed E-state index contributed by atoms with van der Waals surface area (Å²) >= 11 is 0. The summed E-state index contributed by atoms with van der Waals surface area (Å²) in [6, 6.07) is 7.69. The van der Waals surface area contributed by atoms with Gasteiger partial charge in [0.2, 0.25) is 0 Å². The number of carbonyl (C=O) groups excluding carboxylic acids is 1. The average Bonchev–Trinajstić information content (AvgIpc) is 3.05. The van der Waals surface area contributed by atoms with E-state index in [1.807, 2.05) is 43.3 Å². The van der Waals surface area contributed by atoms with Gasteiger partial charge in [-0.15, -0.1) is 0 Å². The van der Waals surface area contributed by atoms with Crippen LogP contribution in [0.3, 0.4) is 0 Å². The van der Waals surface area contributed by atoms with Gasteiger partial charge in [-0.1, -0.05) is 24.3 Å². The number of carbonyl (C=O) groups is 1. The molecule has 1 aromatic carbocycles. The first-order valence-corrected chi connectivity index (χ1v) is 5.32. The van der Waals surface area contributed by atoms with Crippen LogP contribution >= 0.6 is 0 Å². The number of rotatable bonds is 1. The van der Waals surface area contributed by atoms with Crippen molar-refractivity contribution < 1.29 is 9.53 Å². The molecule has 82 valence electrons. The summed E-state index contributed by atoms with van der Waals surface area (Å²) in [7, 11) is 3.88. The highest BCUT2D eigenvalue weighted by atomic mass is 16.6. The summed E-state index contributed by atoms with van der Waals surface area (Å²) in [6.45, 7) is 0.668. The van der Waals surface area contributed by atoms with Crippen LogP contribution in [-0.4, -0.2) is 31.4 Å². The van der Waals surface area contributed by atoms with Gasteiger partial charge >= 0.3 is 0 Å². The molecular formula is C13H13NO2. The molecule has 1 spiro atoms. The zero-order valence-electron chi connectivity index (χ0n) is 9.36. The Morgan fingerprint density at radius 1 is 1.31 bits per heavy atom. The van der Waals surface area contributed by atoms with E-state index in [4.69, 9.17) is 4.74 Å². The van der Waals surface area contributed by atoms with E-state index in [-0.39, 0.29) is 11.4 Å². The number of hydrogen-bond acceptors (Lipinski definition) is 3. The summed E-state index contributed by atoms with van der Waals surface area (Å²) < 4.78 is 5.62. The Balaban J connectivity index is 2.21. The molecular weight excluding hydrogens is 202 g/mol. The molecule has 2 aliphatic rings. The lowest BCUT2D eigenvalue weighted by Gasteiger charge is -2.28. The van der Waals surface area contributed by atoms with Crippen LogP contribution in [-0.2, 0) is 10.3 Å². The van der Waals surface area contributed by atoms with E-state index in [1.54, 1.807) is 6.08 Å². The minimum absolute atomic E-state index is 0.0698. The fourth-order valence-corrected chi connectivity index (χ4v) is 2.37. The van der Waals surface area contributed by atoms with Crippen LogP contribution in [0, 0.1) is 0 Å². The first-order chi connectivity index (χ1) is 7.65. The number of nitrogens with zero attached hydrogens (tertiary/aromatic N) is 1. The number of likely N-dealkylation sites (N-methyl/N-ethyl adjacent to an activating group) is 1. The Hall–Kier alpha value is -1.61. The number of benzene rings is 1. The van der Waals surface area contributed by atoms with Crippen LogP contribution in [0.4, 0.5) is 0 Å². The zero-order chi connectivity index (χ0) is 11.3. The van der Waals surface area contributed by atoms with Crippen molar-refractivity contribution in [3.8, 4) is 0 Å². The second-order valence-corrected chi connectivity index (χ2v) is 4.45. The molecule has 1 aliphatic heterocycles. The van der Waals surface area contributed by atoms with Crippen LogP contribution in [0.1, 0.15) is 15.9 Å². The lowest BCUT2D eigenvalue weighted by Crippen LogP contribution is -2.30. The molecule has 0 saturated carbocycles. The summed E-state index contributed by atoms with van der Waals surface area (Å²) in [5.74, 6) is 0.0698. The summed E-state index contributed by atoms with van der Waals surface area (Å²) in [5.41, 5.74) is 2.38. The predicted octanol–water partition coefficient (Wildman–Crippen LogP) is 1.55. The topological polar surface area (TPSA) is 32.8 Å². The minimum atomic E-state index is -0.353. The van der Waals surface area contributed by atoms with Gasteiger partial charge in [-0.05, 0) is 0 Å². The molecule has 1 unspecified atom stereocenters. The third kappa shape index (κ3) is 1.09. The van der Waals surface area contributed by atoms with Crippen molar-refractivity contribution in [3.05, 3.63) is 47.2 Å². The van der Waals surface area contributed by atoms with Crippen LogP contribution in [0.5, 0.6) is 0 Å². The van der Waals surface area contributed by atoms with E-state index in [1.165, 1.54) is 0 Å². The smallest absolute Gasteiger partial charge is 0.188 e. The number of allylic oxidation sites excluding steroid dienone is 1. The average molecular weight is 215 g/mol. The molecule has 3 nitrogen and oxygen atoms in total. The van der Waals surface area contributed by atoms with Crippen molar-refractivity contribution in [1.82, 2.24) is 4.90 Å². The first-order valence-electron chi connectivity index (χ1n) is 5.32. The molecule has 1 heterocycles. The molecule has 0 aromatic heterocycles. The Morgan fingerprint density at radius 3 is 2.62 bits per heavy atom. The van der Waals surface area contributed by atoms with Crippen LogP contribution in [0.2, 0.25) is 0 Å². The molecule has 1 fully saturated rings. The number of fused-ring (bicyclic) bond motifs is 2. The Bertz CT molecular complexity index is 498. The van der Waals surface area contributed by atoms with E-state index >= 15 is 0 Å². The molecule has 1 aromatic rings. The van der Waals surface area contributed by atoms with Crippen molar-refractivity contribution in [2.45, 2.75) is 5.60 Å². The van der Waals surface area contributed by atoms with Crippen molar-refractivity contribution in [2.24, 2.45) is 0 Å². The second-order valence-electron chi connectivity index (χ2n) is 4.45. The Morgan fingerprint density at radius 2 is 2.00 bits per heavy atom. The highest BCUT2D eigenvalue weighted by Gasteiger charge is 2.54. The van der Waals surface area contributed by atoms with E-state index in [2.05, 4.69) is 0 Å². The highest BCUT2D eigenvalue weighted by molar-refractivity contribution is 6.08. The molecule has 0 N–H and O–H groups in total. The highest BCUT2D eigenvalue weighted by Crippen LogP contribution is 2.49. The molecule has 1 saturated heterocycles. The van der Waals surface area contributed by atoms with Gasteiger partial charge in [-0.25, -0.2) is 0 Å². The largest absolute Gasteiger partial charge is 0.378 e. The molecule has 0 amide bonds. The normalized spacial score (nSPS) is 26.4. The molecule has 16 heavy (non-hydrogen) atoms. The van der Waals surface area contributed by atoms with Crippen molar-refractivity contribution in [1.29, 1.82) is 0 Å². The van der Waals surface area contributed by atoms with Gasteiger partial charge in [-0.2, -0.15) is 0 Å². The SMILES string of the molecule is CN(C)C1=CC(=O)c2ccccc2C12CO2. The van der Waals surface area contributed by atoms with Crippen LogP contribution < -0.4 is 0 Å². The van der Waals surface area contributed by atoms with E-state index in [0.29, 0.717) is 6.61 Å². The number of ether oxygens (including phenoxy) is 1. The first kappa shape index (κ1) is 9.60. The number of ketones is 1. The molecule has 0 radical (unpaired) electrons. The van der Waals surface area contributed by atoms with Gasteiger partial charge in [0.15, 0.2) is 11.4 Å². The van der Waals surface area contributed by atoms with Crippen molar-refractivity contribution in [3.63, 3.8) is 0 Å². The standard InChI is InChI=1S/C13H13NO2/c1-14(2)12-7-11(15)9-5-3-4-6-10(9)13(12)8-16-13/h3-7H,8H2,1-2H3. The maximum atomic E-state index is 12.0.